The Labute approximate surface area is 165 Å². The number of rotatable bonds is 10. The molecule has 0 aliphatic carbocycles. The van der Waals surface area contributed by atoms with Crippen molar-refractivity contribution in [2.75, 3.05) is 6.54 Å². The Hall–Kier alpha value is -2.45. The summed E-state index contributed by atoms with van der Waals surface area (Å²) in [5, 5.41) is 19.3. The van der Waals surface area contributed by atoms with Crippen LogP contribution in [0.5, 0.6) is 0 Å². The van der Waals surface area contributed by atoms with Crippen LogP contribution < -0.4 is 5.32 Å². The second-order valence-electron chi connectivity index (χ2n) is 7.40. The minimum absolute atomic E-state index is 0.0209. The molecule has 2 amide bonds. The van der Waals surface area contributed by atoms with Crippen molar-refractivity contribution in [1.82, 2.24) is 10.5 Å². The minimum atomic E-state index is -1.06. The molecule has 0 saturated heterocycles. The van der Waals surface area contributed by atoms with Crippen molar-refractivity contribution in [2.45, 2.75) is 52.6 Å². The highest BCUT2D eigenvalue weighted by molar-refractivity contribution is 5.86. The van der Waals surface area contributed by atoms with E-state index >= 15 is 0 Å². The highest BCUT2D eigenvalue weighted by atomic mass is 16.8. The van der Waals surface area contributed by atoms with Gasteiger partial charge in [0, 0.05) is 11.8 Å². The number of nitrogens with one attached hydrogen (secondary N) is 1. The number of carbonyl (C=O) groups is 3. The molecule has 0 heterocycles. The van der Waals surface area contributed by atoms with E-state index in [1.807, 2.05) is 44.2 Å². The second kappa shape index (κ2) is 11.4. The van der Waals surface area contributed by atoms with Gasteiger partial charge in [-0.1, -0.05) is 49.4 Å². The summed E-state index contributed by atoms with van der Waals surface area (Å²) in [6.45, 7) is 6.88. The van der Waals surface area contributed by atoms with Gasteiger partial charge in [-0.25, -0.2) is 0 Å². The van der Waals surface area contributed by atoms with E-state index in [9.17, 15) is 14.4 Å². The molecule has 8 heteroatoms. The molecule has 0 aliphatic rings. The molecule has 3 N–H and O–H groups in total. The van der Waals surface area contributed by atoms with Crippen LogP contribution in [0.1, 0.15) is 52.0 Å². The highest BCUT2D eigenvalue weighted by Gasteiger charge is 2.33. The maximum atomic E-state index is 12.8. The molecular weight excluding hydrogens is 364 g/mol. The van der Waals surface area contributed by atoms with E-state index < -0.39 is 41.4 Å². The standard InChI is InChI=1S/C20H30N2O6/c1-13(2)10-17(20(25)21-12-18(23)22(26)27)16(11-19(24)28-14(3)4)15-8-6-5-7-9-15/h5-9,13-14,16-17,26-27H,10-12H2,1-4H3,(H,21,25)/t16-,17+/m1/s1. The molecule has 8 nitrogen and oxygen atoms in total. The lowest BCUT2D eigenvalue weighted by Gasteiger charge is -2.28. The topological polar surface area (TPSA) is 116 Å². The van der Waals surface area contributed by atoms with Gasteiger partial charge in [0.1, 0.15) is 6.54 Å². The minimum Gasteiger partial charge on any atom is -0.463 e. The largest absolute Gasteiger partial charge is 0.463 e. The monoisotopic (exact) mass is 394 g/mol. The number of esters is 1. The van der Waals surface area contributed by atoms with Gasteiger partial charge in [0.2, 0.25) is 5.91 Å². The normalized spacial score (nSPS) is 13.1. The maximum Gasteiger partial charge on any atom is 0.306 e. The number of hydroxylamine groups is 2. The molecule has 0 spiro atoms. The van der Waals surface area contributed by atoms with Crippen molar-refractivity contribution in [3.05, 3.63) is 35.9 Å². The molecule has 0 saturated carbocycles. The summed E-state index contributed by atoms with van der Waals surface area (Å²) in [5.74, 6) is -2.78. The zero-order valence-electron chi connectivity index (χ0n) is 16.8. The third kappa shape index (κ3) is 8.06. The third-order valence-corrected chi connectivity index (χ3v) is 4.17. The van der Waals surface area contributed by atoms with Crippen molar-refractivity contribution in [1.29, 1.82) is 0 Å². The first-order valence-electron chi connectivity index (χ1n) is 9.34. The number of amides is 2. The molecular formula is C20H30N2O6. The fraction of sp³-hybridized carbons (Fsp3) is 0.550. The van der Waals surface area contributed by atoms with E-state index in [0.717, 1.165) is 5.56 Å². The number of hydrogen-bond acceptors (Lipinski definition) is 6. The Balaban J connectivity index is 3.10. The lowest BCUT2D eigenvalue weighted by Crippen LogP contribution is -2.41. The van der Waals surface area contributed by atoms with Gasteiger partial charge < -0.3 is 10.1 Å². The van der Waals surface area contributed by atoms with E-state index in [1.54, 1.807) is 13.8 Å². The summed E-state index contributed by atoms with van der Waals surface area (Å²) in [7, 11) is 0. The molecule has 1 aromatic rings. The number of nitrogens with zero attached hydrogens (tertiary/aromatic N) is 1. The quantitative estimate of drug-likeness (QED) is 0.319. The zero-order chi connectivity index (χ0) is 21.3. The second-order valence-corrected chi connectivity index (χ2v) is 7.40. The Bertz CT molecular complexity index is 645. The van der Waals surface area contributed by atoms with Crippen LogP contribution in [0, 0.1) is 11.8 Å². The molecule has 0 aliphatic heterocycles. The SMILES string of the molecule is CC(C)C[C@H](C(=O)NCC(=O)N(O)O)[C@H](CC(=O)OC(C)C)c1ccccc1. The van der Waals surface area contributed by atoms with E-state index in [1.165, 1.54) is 0 Å². The summed E-state index contributed by atoms with van der Waals surface area (Å²) in [5.41, 5.74) is 0.821. The van der Waals surface area contributed by atoms with Gasteiger partial charge >= 0.3 is 5.97 Å². The average molecular weight is 394 g/mol. The van der Waals surface area contributed by atoms with E-state index in [2.05, 4.69) is 5.32 Å². The number of hydrogen-bond donors (Lipinski definition) is 3. The number of benzene rings is 1. The molecule has 156 valence electrons. The highest BCUT2D eigenvalue weighted by Crippen LogP contribution is 2.33. The lowest BCUT2D eigenvalue weighted by atomic mass is 9.78. The van der Waals surface area contributed by atoms with Crippen molar-refractivity contribution in [3.8, 4) is 0 Å². The fourth-order valence-electron chi connectivity index (χ4n) is 3.01. The van der Waals surface area contributed by atoms with Crippen molar-refractivity contribution < 1.29 is 29.5 Å². The Morgan fingerprint density at radius 3 is 2.18 bits per heavy atom. The van der Waals surface area contributed by atoms with E-state index in [4.69, 9.17) is 15.2 Å². The smallest absolute Gasteiger partial charge is 0.306 e. The third-order valence-electron chi connectivity index (χ3n) is 4.17. The van der Waals surface area contributed by atoms with E-state index in [-0.39, 0.29) is 18.4 Å². The first-order chi connectivity index (χ1) is 13.1. The molecule has 0 radical (unpaired) electrons. The van der Waals surface area contributed by atoms with Crippen LogP contribution in [0.15, 0.2) is 30.3 Å². The van der Waals surface area contributed by atoms with Gasteiger partial charge in [-0.15, -0.1) is 0 Å². The van der Waals surface area contributed by atoms with Crippen LogP contribution in [0.25, 0.3) is 0 Å². The molecule has 1 rings (SSSR count). The summed E-state index contributed by atoms with van der Waals surface area (Å²) >= 11 is 0. The number of carbonyl (C=O) groups excluding carboxylic acids is 3. The molecule has 1 aromatic carbocycles. The summed E-state index contributed by atoms with van der Waals surface area (Å²) in [6.07, 6.45) is 0.239. The predicted octanol–water partition coefficient (Wildman–Crippen LogP) is 2.50. The molecule has 0 fully saturated rings. The van der Waals surface area contributed by atoms with Crippen molar-refractivity contribution in [2.24, 2.45) is 11.8 Å². The van der Waals surface area contributed by atoms with Crippen molar-refractivity contribution >= 4 is 17.8 Å². The van der Waals surface area contributed by atoms with Crippen LogP contribution in [-0.2, 0) is 19.1 Å². The Kier molecular flexibility index (Phi) is 9.61. The first kappa shape index (κ1) is 23.6. The Morgan fingerprint density at radius 1 is 1.07 bits per heavy atom. The van der Waals surface area contributed by atoms with Gasteiger partial charge in [-0.2, -0.15) is 0 Å². The van der Waals surface area contributed by atoms with Crippen LogP contribution in [0.4, 0.5) is 0 Å². The summed E-state index contributed by atoms with van der Waals surface area (Å²) in [6, 6.07) is 9.21. The molecule has 0 aromatic heterocycles. The molecule has 28 heavy (non-hydrogen) atoms. The number of ether oxygens (including phenoxy) is 1. The zero-order valence-corrected chi connectivity index (χ0v) is 16.8. The van der Waals surface area contributed by atoms with Gasteiger partial charge in [0.25, 0.3) is 5.91 Å². The maximum absolute atomic E-state index is 12.8. The van der Waals surface area contributed by atoms with Gasteiger partial charge in [-0.3, -0.25) is 24.8 Å². The molecule has 0 bridgehead atoms. The average Bonchev–Trinajstić information content (AvgIpc) is 2.62. The van der Waals surface area contributed by atoms with Crippen LogP contribution in [-0.4, -0.2) is 46.1 Å². The van der Waals surface area contributed by atoms with E-state index in [0.29, 0.717) is 6.42 Å². The van der Waals surface area contributed by atoms with Crippen LogP contribution >= 0.6 is 0 Å². The first-order valence-corrected chi connectivity index (χ1v) is 9.34. The molecule has 2 atom stereocenters. The van der Waals surface area contributed by atoms with Gasteiger partial charge in [-0.05, 0) is 31.7 Å². The van der Waals surface area contributed by atoms with Gasteiger partial charge in [0.15, 0.2) is 0 Å². The lowest BCUT2D eigenvalue weighted by molar-refractivity contribution is -0.284. The summed E-state index contributed by atoms with van der Waals surface area (Å²) < 4.78 is 5.27. The Morgan fingerprint density at radius 2 is 1.68 bits per heavy atom. The van der Waals surface area contributed by atoms with Crippen LogP contribution in [0.3, 0.4) is 0 Å². The van der Waals surface area contributed by atoms with Gasteiger partial charge in [0.05, 0.1) is 12.5 Å². The van der Waals surface area contributed by atoms with Crippen LogP contribution in [0.2, 0.25) is 0 Å². The fourth-order valence-corrected chi connectivity index (χ4v) is 3.01. The predicted molar refractivity (Wildman–Crippen MR) is 101 cm³/mol. The molecule has 0 unspecified atom stereocenters. The summed E-state index contributed by atoms with van der Waals surface area (Å²) in [4.78, 5) is 36.5. The van der Waals surface area contributed by atoms with Crippen molar-refractivity contribution in [3.63, 3.8) is 0 Å².